The minimum Gasteiger partial charge on any atom is -0.346 e. The van der Waals surface area contributed by atoms with Crippen molar-refractivity contribution in [3.05, 3.63) is 70.0 Å². The SMILES string of the molecule is Cc1cc(C)c([C@@H](C)NC(=O)c2ccc(F)cc2)cc1C. The average molecular weight is 285 g/mol. The van der Waals surface area contributed by atoms with Crippen molar-refractivity contribution < 1.29 is 9.18 Å². The number of halogens is 1. The largest absolute Gasteiger partial charge is 0.346 e. The van der Waals surface area contributed by atoms with E-state index < -0.39 is 0 Å². The number of benzene rings is 2. The summed E-state index contributed by atoms with van der Waals surface area (Å²) in [6, 6.07) is 9.71. The highest BCUT2D eigenvalue weighted by atomic mass is 19.1. The van der Waals surface area contributed by atoms with Crippen LogP contribution in [-0.4, -0.2) is 5.91 Å². The van der Waals surface area contributed by atoms with Gasteiger partial charge in [-0.3, -0.25) is 4.79 Å². The van der Waals surface area contributed by atoms with E-state index in [1.807, 2.05) is 13.8 Å². The van der Waals surface area contributed by atoms with Crippen molar-refractivity contribution in [2.45, 2.75) is 33.7 Å². The van der Waals surface area contributed by atoms with Crippen molar-refractivity contribution in [1.29, 1.82) is 0 Å². The van der Waals surface area contributed by atoms with Crippen LogP contribution < -0.4 is 5.32 Å². The van der Waals surface area contributed by atoms with Gasteiger partial charge >= 0.3 is 0 Å². The maximum absolute atomic E-state index is 12.9. The van der Waals surface area contributed by atoms with Crippen LogP contribution in [-0.2, 0) is 0 Å². The molecule has 2 nitrogen and oxygen atoms in total. The minimum atomic E-state index is -0.343. The molecule has 21 heavy (non-hydrogen) atoms. The topological polar surface area (TPSA) is 29.1 Å². The third-order valence-electron chi connectivity index (χ3n) is 3.80. The fourth-order valence-electron chi connectivity index (χ4n) is 2.41. The maximum Gasteiger partial charge on any atom is 0.251 e. The van der Waals surface area contributed by atoms with Gasteiger partial charge in [0.05, 0.1) is 6.04 Å². The van der Waals surface area contributed by atoms with Gasteiger partial charge in [0.15, 0.2) is 0 Å². The predicted molar refractivity (Wildman–Crippen MR) is 82.9 cm³/mol. The molecule has 0 heterocycles. The van der Waals surface area contributed by atoms with Crippen LogP contribution in [0.5, 0.6) is 0 Å². The fourth-order valence-corrected chi connectivity index (χ4v) is 2.41. The van der Waals surface area contributed by atoms with Crippen LogP contribution >= 0.6 is 0 Å². The molecule has 0 fully saturated rings. The number of hydrogen-bond acceptors (Lipinski definition) is 1. The summed E-state index contributed by atoms with van der Waals surface area (Å²) in [5.74, 6) is -0.537. The number of rotatable bonds is 3. The van der Waals surface area contributed by atoms with Crippen molar-refractivity contribution >= 4 is 5.91 Å². The van der Waals surface area contributed by atoms with E-state index in [1.54, 1.807) is 0 Å². The molecule has 0 saturated heterocycles. The van der Waals surface area contributed by atoms with Crippen molar-refractivity contribution in [2.24, 2.45) is 0 Å². The van der Waals surface area contributed by atoms with E-state index in [1.165, 1.54) is 35.4 Å². The summed E-state index contributed by atoms with van der Waals surface area (Å²) in [5.41, 5.74) is 5.18. The molecule has 1 N–H and O–H groups in total. The summed E-state index contributed by atoms with van der Waals surface area (Å²) >= 11 is 0. The average Bonchev–Trinajstić information content (AvgIpc) is 2.43. The molecular formula is C18H20FNO. The normalized spacial score (nSPS) is 12.0. The van der Waals surface area contributed by atoms with Gasteiger partial charge in [0.2, 0.25) is 0 Å². The first-order valence-electron chi connectivity index (χ1n) is 7.02. The quantitative estimate of drug-likeness (QED) is 0.897. The van der Waals surface area contributed by atoms with Gasteiger partial charge in [0, 0.05) is 5.56 Å². The van der Waals surface area contributed by atoms with Gasteiger partial charge in [0.25, 0.3) is 5.91 Å². The second kappa shape index (κ2) is 6.08. The van der Waals surface area contributed by atoms with Gasteiger partial charge in [-0.05, 0) is 74.2 Å². The highest BCUT2D eigenvalue weighted by molar-refractivity contribution is 5.94. The highest BCUT2D eigenvalue weighted by Crippen LogP contribution is 2.22. The molecule has 110 valence electrons. The van der Waals surface area contributed by atoms with Crippen LogP contribution in [0.4, 0.5) is 4.39 Å². The van der Waals surface area contributed by atoms with Crippen LogP contribution in [0.3, 0.4) is 0 Å². The molecule has 0 aliphatic rings. The van der Waals surface area contributed by atoms with Gasteiger partial charge in [0.1, 0.15) is 5.82 Å². The van der Waals surface area contributed by atoms with E-state index in [0.717, 1.165) is 11.1 Å². The molecule has 0 bridgehead atoms. The lowest BCUT2D eigenvalue weighted by molar-refractivity contribution is 0.0940. The number of aryl methyl sites for hydroxylation is 3. The van der Waals surface area contributed by atoms with E-state index in [4.69, 9.17) is 0 Å². The molecule has 0 spiro atoms. The van der Waals surface area contributed by atoms with Crippen LogP contribution in [0.1, 0.15) is 45.6 Å². The molecule has 2 aromatic carbocycles. The summed E-state index contributed by atoms with van der Waals surface area (Å²) in [4.78, 5) is 12.2. The summed E-state index contributed by atoms with van der Waals surface area (Å²) in [6.07, 6.45) is 0. The number of carbonyl (C=O) groups excluding carboxylic acids is 1. The van der Waals surface area contributed by atoms with Gasteiger partial charge in [-0.2, -0.15) is 0 Å². The van der Waals surface area contributed by atoms with E-state index in [-0.39, 0.29) is 17.8 Å². The van der Waals surface area contributed by atoms with Crippen molar-refractivity contribution in [1.82, 2.24) is 5.32 Å². The summed E-state index contributed by atoms with van der Waals surface area (Å²) in [7, 11) is 0. The lowest BCUT2D eigenvalue weighted by Crippen LogP contribution is -2.27. The fraction of sp³-hybridized carbons (Fsp3) is 0.278. The zero-order valence-corrected chi connectivity index (χ0v) is 12.8. The first kappa shape index (κ1) is 15.2. The molecule has 0 unspecified atom stereocenters. The van der Waals surface area contributed by atoms with Crippen LogP contribution in [0.2, 0.25) is 0 Å². The molecule has 1 amide bonds. The van der Waals surface area contributed by atoms with E-state index >= 15 is 0 Å². The Bertz CT molecular complexity index is 662. The zero-order chi connectivity index (χ0) is 15.6. The standard InChI is InChI=1S/C18H20FNO/c1-11-9-13(3)17(10-12(11)2)14(4)20-18(21)15-5-7-16(19)8-6-15/h5-10,14H,1-4H3,(H,20,21)/t14-/m1/s1. The van der Waals surface area contributed by atoms with Gasteiger partial charge in [-0.1, -0.05) is 12.1 Å². The van der Waals surface area contributed by atoms with E-state index in [2.05, 4.69) is 31.3 Å². The Morgan fingerprint density at radius 1 is 1.00 bits per heavy atom. The maximum atomic E-state index is 12.9. The van der Waals surface area contributed by atoms with Gasteiger partial charge in [-0.25, -0.2) is 4.39 Å². The Morgan fingerprint density at radius 3 is 2.19 bits per heavy atom. The Morgan fingerprint density at radius 2 is 1.57 bits per heavy atom. The second-order valence-electron chi connectivity index (χ2n) is 5.50. The Labute approximate surface area is 125 Å². The van der Waals surface area contributed by atoms with Crippen molar-refractivity contribution in [2.75, 3.05) is 0 Å². The number of hydrogen-bond donors (Lipinski definition) is 1. The number of nitrogens with one attached hydrogen (secondary N) is 1. The molecule has 2 rings (SSSR count). The van der Waals surface area contributed by atoms with Crippen molar-refractivity contribution in [3.63, 3.8) is 0 Å². The first-order chi connectivity index (χ1) is 9.88. The molecule has 0 aromatic heterocycles. The van der Waals surface area contributed by atoms with Crippen LogP contribution in [0.15, 0.2) is 36.4 Å². The first-order valence-corrected chi connectivity index (χ1v) is 7.02. The summed E-state index contributed by atoms with van der Waals surface area (Å²) in [5, 5.41) is 2.96. The van der Waals surface area contributed by atoms with E-state index in [9.17, 15) is 9.18 Å². The monoisotopic (exact) mass is 285 g/mol. The highest BCUT2D eigenvalue weighted by Gasteiger charge is 2.14. The summed E-state index contributed by atoms with van der Waals surface area (Å²) < 4.78 is 12.9. The minimum absolute atomic E-state index is 0.0955. The molecule has 2 aromatic rings. The molecular weight excluding hydrogens is 265 g/mol. The zero-order valence-electron chi connectivity index (χ0n) is 12.8. The lowest BCUT2D eigenvalue weighted by atomic mass is 9.96. The lowest BCUT2D eigenvalue weighted by Gasteiger charge is -2.18. The number of carbonyl (C=O) groups is 1. The van der Waals surface area contributed by atoms with Crippen LogP contribution in [0, 0.1) is 26.6 Å². The molecule has 1 atom stereocenters. The molecule has 0 saturated carbocycles. The van der Waals surface area contributed by atoms with Crippen molar-refractivity contribution in [3.8, 4) is 0 Å². The Kier molecular flexibility index (Phi) is 4.41. The Hall–Kier alpha value is -2.16. The third-order valence-corrected chi connectivity index (χ3v) is 3.80. The molecule has 0 aliphatic heterocycles. The predicted octanol–water partition coefficient (Wildman–Crippen LogP) is 4.24. The second-order valence-corrected chi connectivity index (χ2v) is 5.50. The van der Waals surface area contributed by atoms with Gasteiger partial charge in [-0.15, -0.1) is 0 Å². The molecule has 0 aliphatic carbocycles. The van der Waals surface area contributed by atoms with E-state index in [0.29, 0.717) is 5.56 Å². The Balaban J connectivity index is 2.18. The molecule has 0 radical (unpaired) electrons. The number of amides is 1. The summed E-state index contributed by atoms with van der Waals surface area (Å²) in [6.45, 7) is 8.14. The van der Waals surface area contributed by atoms with Crippen LogP contribution in [0.25, 0.3) is 0 Å². The van der Waals surface area contributed by atoms with Gasteiger partial charge < -0.3 is 5.32 Å². The third kappa shape index (κ3) is 3.48. The molecule has 3 heteroatoms. The smallest absolute Gasteiger partial charge is 0.251 e.